The summed E-state index contributed by atoms with van der Waals surface area (Å²) in [5.41, 5.74) is 0.464. The molecule has 12 heavy (non-hydrogen) atoms. The molecule has 0 bridgehead atoms. The van der Waals surface area contributed by atoms with Crippen LogP contribution in [0.25, 0.3) is 0 Å². The molecule has 1 aromatic heterocycles. The molecule has 6 heteroatoms. The van der Waals surface area contributed by atoms with E-state index in [1.165, 1.54) is 18.3 Å². The number of rotatable bonds is 3. The molecule has 0 unspecified atom stereocenters. The second kappa shape index (κ2) is 4.13. The van der Waals surface area contributed by atoms with Crippen LogP contribution < -0.4 is 5.32 Å². The minimum Gasteiger partial charge on any atom is -0.302 e. The van der Waals surface area contributed by atoms with E-state index in [0.29, 0.717) is 10.8 Å². The van der Waals surface area contributed by atoms with Crippen LogP contribution in [0, 0.1) is 0 Å². The summed E-state index contributed by atoms with van der Waals surface area (Å²) in [5, 5.41) is 4.54. The zero-order valence-electron chi connectivity index (χ0n) is 6.33. The van der Waals surface area contributed by atoms with Crippen molar-refractivity contribution in [1.29, 1.82) is 0 Å². The van der Waals surface area contributed by atoms with E-state index in [9.17, 15) is 9.32 Å². The van der Waals surface area contributed by atoms with Crippen LogP contribution in [-0.4, -0.2) is 10.9 Å². The summed E-state index contributed by atoms with van der Waals surface area (Å²) >= 11 is 1.23. The third-order valence-corrected chi connectivity index (χ3v) is 1.84. The fourth-order valence-corrected chi connectivity index (χ4v) is 1.38. The van der Waals surface area contributed by atoms with Crippen molar-refractivity contribution in [3.63, 3.8) is 0 Å². The van der Waals surface area contributed by atoms with Crippen LogP contribution in [0.1, 0.15) is 12.6 Å². The fraction of sp³-hybridized carbons (Fsp3) is 0.333. The third kappa shape index (κ3) is 2.55. The smallest absolute Gasteiger partial charge is 0.223 e. The van der Waals surface area contributed by atoms with Gasteiger partial charge in [-0.25, -0.2) is 4.98 Å². The van der Waals surface area contributed by atoms with Crippen molar-refractivity contribution in [3.8, 4) is 0 Å². The molecule has 0 saturated heterocycles. The van der Waals surface area contributed by atoms with Gasteiger partial charge < -0.3 is 5.32 Å². The predicted octanol–water partition coefficient (Wildman–Crippen LogP) is 1.50. The molecule has 1 amide bonds. The molecule has 1 aromatic rings. The molecular weight excluding hydrogens is 183 g/mol. The summed E-state index contributed by atoms with van der Waals surface area (Å²) in [4.78, 5) is 17.8. The number of carbonyl (C=O) groups is 1. The molecule has 0 fully saturated rings. The number of amides is 1. The van der Waals surface area contributed by atoms with Gasteiger partial charge in [0.05, 0.1) is 5.69 Å². The van der Waals surface area contributed by atoms with E-state index in [0.717, 1.165) is 0 Å². The van der Waals surface area contributed by atoms with E-state index in [1.807, 2.05) is 0 Å². The van der Waals surface area contributed by atoms with Crippen LogP contribution in [0.15, 0.2) is 5.38 Å². The van der Waals surface area contributed by atoms with Crippen LogP contribution >= 0.6 is 11.3 Å². The molecule has 0 aliphatic rings. The zero-order chi connectivity index (χ0) is 8.97. The van der Waals surface area contributed by atoms with E-state index in [2.05, 4.69) is 15.2 Å². The highest BCUT2D eigenvalue weighted by atomic mass is 32.1. The maximum atomic E-state index is 11.3. The monoisotopic (exact) mass is 190 g/mol. The average molecular weight is 190 g/mol. The summed E-state index contributed by atoms with van der Waals surface area (Å²) in [6, 6.07) is 0. The number of nitrogens with zero attached hydrogens (tertiary/aromatic N) is 1. The maximum Gasteiger partial charge on any atom is 0.223 e. The van der Waals surface area contributed by atoms with E-state index in [1.54, 1.807) is 5.38 Å². The van der Waals surface area contributed by atoms with Crippen molar-refractivity contribution in [2.75, 3.05) is 5.32 Å². The molecule has 4 nitrogen and oxygen atoms in total. The van der Waals surface area contributed by atoms with Gasteiger partial charge in [-0.15, -0.1) is 11.3 Å². The van der Waals surface area contributed by atoms with Gasteiger partial charge in [-0.3, -0.25) is 4.79 Å². The highest BCUT2D eigenvalue weighted by Crippen LogP contribution is 2.15. The minimum absolute atomic E-state index is 0.184. The molecule has 0 aliphatic heterocycles. The summed E-state index contributed by atoms with van der Waals surface area (Å²) in [6.45, 7) is 1.20. The zero-order valence-corrected chi connectivity index (χ0v) is 7.15. The van der Waals surface area contributed by atoms with Crippen molar-refractivity contribution < 1.29 is 14.3 Å². The standard InChI is InChI=1S/C6H7FN2O2S/c1-4(10)8-6-9-5(2-11-7)3-12-6/h3H,2H2,1H3,(H,8,9,10). The third-order valence-electron chi connectivity index (χ3n) is 1.04. The molecule has 0 saturated carbocycles. The van der Waals surface area contributed by atoms with Gasteiger partial charge in [0.15, 0.2) is 5.13 Å². The maximum absolute atomic E-state index is 11.3. The van der Waals surface area contributed by atoms with Crippen LogP contribution in [0.5, 0.6) is 0 Å². The van der Waals surface area contributed by atoms with Crippen LogP contribution in [0.3, 0.4) is 0 Å². The predicted molar refractivity (Wildman–Crippen MR) is 42.3 cm³/mol. The summed E-state index contributed by atoms with van der Waals surface area (Å²) in [5.74, 6) is -0.197. The number of anilines is 1. The van der Waals surface area contributed by atoms with Gasteiger partial charge in [0.2, 0.25) is 5.91 Å². The van der Waals surface area contributed by atoms with Crippen molar-refractivity contribution in [2.24, 2.45) is 0 Å². The van der Waals surface area contributed by atoms with Crippen molar-refractivity contribution in [3.05, 3.63) is 11.1 Å². The Bertz CT molecular complexity index is 276. The second-order valence-electron chi connectivity index (χ2n) is 2.08. The molecule has 0 aromatic carbocycles. The Labute approximate surface area is 72.3 Å². The minimum atomic E-state index is -0.197. The van der Waals surface area contributed by atoms with Crippen molar-refractivity contribution in [2.45, 2.75) is 13.5 Å². The lowest BCUT2D eigenvalue weighted by molar-refractivity contribution is -0.145. The topological polar surface area (TPSA) is 51.2 Å². The first-order valence-electron chi connectivity index (χ1n) is 3.18. The van der Waals surface area contributed by atoms with Gasteiger partial charge in [0, 0.05) is 12.3 Å². The number of halogens is 1. The molecule has 1 heterocycles. The lowest BCUT2D eigenvalue weighted by Gasteiger charge is -1.92. The van der Waals surface area contributed by atoms with Crippen molar-refractivity contribution in [1.82, 2.24) is 4.98 Å². The lowest BCUT2D eigenvalue weighted by atomic mass is 10.5. The van der Waals surface area contributed by atoms with Crippen molar-refractivity contribution >= 4 is 22.4 Å². The Morgan fingerprint density at radius 1 is 1.92 bits per heavy atom. The van der Waals surface area contributed by atoms with E-state index in [-0.39, 0.29) is 12.5 Å². The lowest BCUT2D eigenvalue weighted by Crippen LogP contribution is -2.05. The first-order chi connectivity index (χ1) is 5.72. The number of thiazole rings is 1. The summed E-state index contributed by atoms with van der Waals surface area (Å²) in [7, 11) is 0. The number of nitrogens with one attached hydrogen (secondary N) is 1. The van der Waals surface area contributed by atoms with Gasteiger partial charge in [-0.05, 0) is 4.53 Å². The molecule has 0 spiro atoms. The van der Waals surface area contributed by atoms with E-state index < -0.39 is 0 Å². The largest absolute Gasteiger partial charge is 0.302 e. The number of aromatic nitrogens is 1. The highest BCUT2D eigenvalue weighted by Gasteiger charge is 2.02. The molecule has 1 rings (SSSR count). The van der Waals surface area contributed by atoms with Gasteiger partial charge in [-0.2, -0.15) is 4.94 Å². The fourth-order valence-electron chi connectivity index (χ4n) is 0.637. The van der Waals surface area contributed by atoms with Crippen LogP contribution in [0.2, 0.25) is 0 Å². The van der Waals surface area contributed by atoms with Gasteiger partial charge >= 0.3 is 0 Å². The number of hydrogen-bond acceptors (Lipinski definition) is 4. The summed E-state index contributed by atoms with van der Waals surface area (Å²) < 4.78 is 11.3. The van der Waals surface area contributed by atoms with Crippen LogP contribution in [-0.2, 0) is 16.3 Å². The van der Waals surface area contributed by atoms with Gasteiger partial charge in [0.1, 0.15) is 6.61 Å². The molecule has 0 aliphatic carbocycles. The van der Waals surface area contributed by atoms with Gasteiger partial charge in [-0.1, -0.05) is 0 Å². The molecule has 0 radical (unpaired) electrons. The Kier molecular flexibility index (Phi) is 3.12. The first-order valence-corrected chi connectivity index (χ1v) is 4.06. The Balaban J connectivity index is 2.58. The normalized spacial score (nSPS) is 9.83. The second-order valence-corrected chi connectivity index (χ2v) is 2.94. The first kappa shape index (κ1) is 9.08. The Hall–Kier alpha value is -1.01. The molecule has 1 N–H and O–H groups in total. The van der Waals surface area contributed by atoms with Gasteiger partial charge in [0.25, 0.3) is 0 Å². The molecule has 66 valence electrons. The molecule has 0 atom stereocenters. The summed E-state index contributed by atoms with van der Waals surface area (Å²) in [6.07, 6.45) is 0. The Morgan fingerprint density at radius 2 is 2.67 bits per heavy atom. The molecular formula is C6H7FN2O2S. The van der Waals surface area contributed by atoms with Crippen LogP contribution in [0.4, 0.5) is 9.66 Å². The SMILES string of the molecule is CC(=O)Nc1nc(COF)cs1. The number of hydrogen-bond donors (Lipinski definition) is 1. The van der Waals surface area contributed by atoms with E-state index in [4.69, 9.17) is 0 Å². The Morgan fingerprint density at radius 3 is 3.25 bits per heavy atom. The quantitative estimate of drug-likeness (QED) is 0.785. The average Bonchev–Trinajstić information content (AvgIpc) is 2.36. The highest BCUT2D eigenvalue weighted by molar-refractivity contribution is 7.13. The van der Waals surface area contributed by atoms with E-state index >= 15 is 0 Å². The number of carbonyl (C=O) groups excluding carboxylic acids is 1.